The van der Waals surface area contributed by atoms with E-state index in [-0.39, 0.29) is 18.5 Å². The summed E-state index contributed by atoms with van der Waals surface area (Å²) in [5.41, 5.74) is 2.16. The van der Waals surface area contributed by atoms with E-state index in [0.717, 1.165) is 11.3 Å². The van der Waals surface area contributed by atoms with Crippen molar-refractivity contribution in [2.45, 2.75) is 0 Å². The van der Waals surface area contributed by atoms with Gasteiger partial charge >= 0.3 is 6.01 Å². The first-order valence-corrected chi connectivity index (χ1v) is 9.27. The van der Waals surface area contributed by atoms with Gasteiger partial charge in [-0.1, -0.05) is 6.07 Å². The second kappa shape index (κ2) is 10.4. The van der Waals surface area contributed by atoms with E-state index >= 15 is 0 Å². The third-order valence-electron chi connectivity index (χ3n) is 4.10. The van der Waals surface area contributed by atoms with Crippen LogP contribution in [0, 0.1) is 0 Å². The van der Waals surface area contributed by atoms with E-state index in [1.807, 2.05) is 36.4 Å². The summed E-state index contributed by atoms with van der Waals surface area (Å²) in [7, 11) is 4.68. The molecule has 1 amide bonds. The number of amides is 1. The Kier molecular flexibility index (Phi) is 7.36. The molecule has 0 aliphatic heterocycles. The van der Waals surface area contributed by atoms with Gasteiger partial charge in [-0.2, -0.15) is 4.98 Å². The predicted octanol–water partition coefficient (Wildman–Crippen LogP) is 2.55. The van der Waals surface area contributed by atoms with Crippen molar-refractivity contribution in [3.05, 3.63) is 48.5 Å². The first kappa shape index (κ1) is 21.3. The summed E-state index contributed by atoms with van der Waals surface area (Å²) < 4.78 is 22.4. The third-order valence-corrected chi connectivity index (χ3v) is 4.10. The molecule has 158 valence electrons. The van der Waals surface area contributed by atoms with E-state index in [9.17, 15) is 4.79 Å². The number of rotatable bonds is 10. The Morgan fingerprint density at radius 2 is 1.83 bits per heavy atom. The standard InChI is InChI=1S/C21H24N4O5/c1-27-11-12-30-21-23-20(15-7-9-18(29-3)10-8-15)25(24-21)17-6-4-5-16(13-17)22-19(26)14-28-2/h4-10,13H,11-12,14H2,1-3H3,(H,22,26). The lowest BCUT2D eigenvalue weighted by Crippen LogP contribution is -2.17. The highest BCUT2D eigenvalue weighted by molar-refractivity contribution is 5.91. The summed E-state index contributed by atoms with van der Waals surface area (Å²) in [6.45, 7) is 0.727. The van der Waals surface area contributed by atoms with E-state index in [0.29, 0.717) is 30.4 Å². The van der Waals surface area contributed by atoms with Crippen LogP contribution in [0.4, 0.5) is 5.69 Å². The molecule has 0 fully saturated rings. The van der Waals surface area contributed by atoms with E-state index in [2.05, 4.69) is 15.4 Å². The van der Waals surface area contributed by atoms with Crippen LogP contribution >= 0.6 is 0 Å². The highest BCUT2D eigenvalue weighted by atomic mass is 16.5. The van der Waals surface area contributed by atoms with Crippen molar-refractivity contribution in [3.63, 3.8) is 0 Å². The molecule has 0 saturated heterocycles. The molecule has 3 aromatic rings. The molecule has 1 N–H and O–H groups in total. The lowest BCUT2D eigenvalue weighted by molar-refractivity contribution is -0.119. The van der Waals surface area contributed by atoms with Gasteiger partial charge in [-0.05, 0) is 42.5 Å². The van der Waals surface area contributed by atoms with Crippen molar-refractivity contribution < 1.29 is 23.7 Å². The van der Waals surface area contributed by atoms with Crippen molar-refractivity contribution in [2.24, 2.45) is 0 Å². The molecule has 0 bridgehead atoms. The number of carbonyl (C=O) groups is 1. The van der Waals surface area contributed by atoms with Gasteiger partial charge in [0.1, 0.15) is 19.0 Å². The number of methoxy groups -OCH3 is 3. The lowest BCUT2D eigenvalue weighted by atomic mass is 10.2. The Balaban J connectivity index is 1.96. The molecule has 0 radical (unpaired) electrons. The van der Waals surface area contributed by atoms with Crippen LogP contribution in [-0.4, -0.2) is 61.8 Å². The zero-order valence-corrected chi connectivity index (χ0v) is 17.1. The van der Waals surface area contributed by atoms with E-state index in [1.165, 1.54) is 7.11 Å². The van der Waals surface area contributed by atoms with Gasteiger partial charge in [-0.15, -0.1) is 5.10 Å². The second-order valence-corrected chi connectivity index (χ2v) is 6.23. The summed E-state index contributed by atoms with van der Waals surface area (Å²) in [6, 6.07) is 15.0. The van der Waals surface area contributed by atoms with Crippen LogP contribution in [0.5, 0.6) is 11.8 Å². The van der Waals surface area contributed by atoms with Crippen LogP contribution in [0.25, 0.3) is 17.1 Å². The molecule has 0 spiro atoms. The van der Waals surface area contributed by atoms with Gasteiger partial charge < -0.3 is 24.3 Å². The van der Waals surface area contributed by atoms with Crippen LogP contribution in [0.3, 0.4) is 0 Å². The molecule has 0 unspecified atom stereocenters. The fourth-order valence-corrected chi connectivity index (χ4v) is 2.72. The number of aromatic nitrogens is 3. The number of nitrogens with one attached hydrogen (secondary N) is 1. The van der Waals surface area contributed by atoms with Gasteiger partial charge in [0.15, 0.2) is 5.82 Å². The van der Waals surface area contributed by atoms with Crippen molar-refractivity contribution in [1.82, 2.24) is 14.8 Å². The maximum Gasteiger partial charge on any atom is 0.336 e. The largest absolute Gasteiger partial charge is 0.497 e. The predicted molar refractivity (Wildman–Crippen MR) is 111 cm³/mol. The van der Waals surface area contributed by atoms with Gasteiger partial charge in [0, 0.05) is 25.5 Å². The van der Waals surface area contributed by atoms with E-state index < -0.39 is 0 Å². The van der Waals surface area contributed by atoms with Crippen LogP contribution < -0.4 is 14.8 Å². The average Bonchev–Trinajstić information content (AvgIpc) is 3.18. The van der Waals surface area contributed by atoms with Crippen molar-refractivity contribution in [1.29, 1.82) is 0 Å². The number of carbonyl (C=O) groups excluding carboxylic acids is 1. The molecule has 9 heteroatoms. The lowest BCUT2D eigenvalue weighted by Gasteiger charge is -2.09. The smallest absolute Gasteiger partial charge is 0.336 e. The minimum absolute atomic E-state index is 0.0257. The van der Waals surface area contributed by atoms with Crippen LogP contribution in [0.1, 0.15) is 0 Å². The fraction of sp³-hybridized carbons (Fsp3) is 0.286. The maximum absolute atomic E-state index is 11.8. The molecule has 0 aliphatic carbocycles. The van der Waals surface area contributed by atoms with Crippen molar-refractivity contribution in [2.75, 3.05) is 46.5 Å². The first-order valence-electron chi connectivity index (χ1n) is 9.27. The van der Waals surface area contributed by atoms with Crippen molar-refractivity contribution >= 4 is 11.6 Å². The normalized spacial score (nSPS) is 10.6. The monoisotopic (exact) mass is 412 g/mol. The summed E-state index contributed by atoms with van der Waals surface area (Å²) in [4.78, 5) is 16.4. The minimum Gasteiger partial charge on any atom is -0.497 e. The van der Waals surface area contributed by atoms with E-state index in [4.69, 9.17) is 18.9 Å². The topological polar surface area (TPSA) is 96.7 Å². The number of anilines is 1. The zero-order chi connectivity index (χ0) is 21.3. The highest BCUT2D eigenvalue weighted by Crippen LogP contribution is 2.26. The Bertz CT molecular complexity index is 972. The van der Waals surface area contributed by atoms with Crippen LogP contribution in [-0.2, 0) is 14.3 Å². The quantitative estimate of drug-likeness (QED) is 0.511. The molecule has 0 saturated carbocycles. The Morgan fingerprint density at radius 1 is 1.03 bits per heavy atom. The Hall–Kier alpha value is -3.43. The van der Waals surface area contributed by atoms with Gasteiger partial charge in [0.2, 0.25) is 5.91 Å². The maximum atomic E-state index is 11.8. The molecule has 0 aliphatic rings. The number of ether oxygens (including phenoxy) is 4. The first-order chi connectivity index (χ1) is 14.6. The molecule has 30 heavy (non-hydrogen) atoms. The average molecular weight is 412 g/mol. The van der Waals surface area contributed by atoms with Crippen LogP contribution in [0.15, 0.2) is 48.5 Å². The highest BCUT2D eigenvalue weighted by Gasteiger charge is 2.16. The molecule has 1 aromatic heterocycles. The molecule has 3 rings (SSSR count). The fourth-order valence-electron chi connectivity index (χ4n) is 2.72. The Labute approximate surface area is 174 Å². The number of hydrogen-bond acceptors (Lipinski definition) is 7. The van der Waals surface area contributed by atoms with Gasteiger partial charge in [0.05, 0.1) is 19.4 Å². The SMILES string of the molecule is COCCOc1nc(-c2ccc(OC)cc2)n(-c2cccc(NC(=O)COC)c2)n1. The van der Waals surface area contributed by atoms with Gasteiger partial charge in [0.25, 0.3) is 0 Å². The zero-order valence-electron chi connectivity index (χ0n) is 17.1. The van der Waals surface area contributed by atoms with Crippen molar-refractivity contribution in [3.8, 4) is 28.8 Å². The molecule has 1 heterocycles. The number of hydrogen-bond donors (Lipinski definition) is 1. The molecular weight excluding hydrogens is 388 g/mol. The van der Waals surface area contributed by atoms with Gasteiger partial charge in [-0.25, -0.2) is 4.68 Å². The van der Waals surface area contributed by atoms with Gasteiger partial charge in [-0.3, -0.25) is 4.79 Å². The third kappa shape index (κ3) is 5.34. The molecule has 9 nitrogen and oxygen atoms in total. The molecule has 2 aromatic carbocycles. The summed E-state index contributed by atoms with van der Waals surface area (Å²) in [5.74, 6) is 1.09. The summed E-state index contributed by atoms with van der Waals surface area (Å²) in [6.07, 6.45) is 0. The summed E-state index contributed by atoms with van der Waals surface area (Å²) >= 11 is 0. The number of benzene rings is 2. The van der Waals surface area contributed by atoms with Crippen LogP contribution in [0.2, 0.25) is 0 Å². The second-order valence-electron chi connectivity index (χ2n) is 6.23. The van der Waals surface area contributed by atoms with E-state index in [1.54, 1.807) is 31.0 Å². The number of nitrogens with zero attached hydrogens (tertiary/aromatic N) is 3. The molecule has 0 atom stereocenters. The Morgan fingerprint density at radius 3 is 2.53 bits per heavy atom. The minimum atomic E-state index is -0.243. The summed E-state index contributed by atoms with van der Waals surface area (Å²) in [5, 5.41) is 7.27. The molecular formula is C21H24N4O5.